The maximum absolute atomic E-state index is 3.42. The summed E-state index contributed by atoms with van der Waals surface area (Å²) in [6, 6.07) is 0. The highest BCUT2D eigenvalue weighted by Crippen LogP contribution is 2.23. The minimum Gasteiger partial charge on any atom is -0.316 e. The Bertz CT molecular complexity index is 87.8. The Kier molecular flexibility index (Phi) is 1.91. The monoisotopic (exact) mass is 140 g/mol. The highest BCUT2D eigenvalue weighted by Gasteiger charge is 2.26. The molecule has 0 amide bonds. The minimum atomic E-state index is 0.981. The average molecular weight is 140 g/mol. The van der Waals surface area contributed by atoms with E-state index in [1.165, 1.54) is 39.0 Å². The van der Waals surface area contributed by atoms with Gasteiger partial charge in [0.15, 0.2) is 0 Å². The van der Waals surface area contributed by atoms with Crippen LogP contribution in [0, 0.1) is 11.8 Å². The lowest BCUT2D eigenvalue weighted by molar-refractivity contribution is 0.386. The molecule has 0 radical (unpaired) electrons. The standard InChI is InChI=1S/C8H16N2/c1-3-9-5-7(1)8-2-4-10-6-8/h7-10H,1-6H2. The van der Waals surface area contributed by atoms with Crippen LogP contribution >= 0.6 is 0 Å². The first-order valence-corrected chi connectivity index (χ1v) is 4.38. The van der Waals surface area contributed by atoms with Crippen LogP contribution < -0.4 is 10.6 Å². The molecule has 0 bridgehead atoms. The van der Waals surface area contributed by atoms with Gasteiger partial charge < -0.3 is 10.6 Å². The van der Waals surface area contributed by atoms with Crippen LogP contribution in [0.5, 0.6) is 0 Å². The van der Waals surface area contributed by atoms with Crippen molar-refractivity contribution in [3.63, 3.8) is 0 Å². The molecule has 2 heteroatoms. The summed E-state index contributed by atoms with van der Waals surface area (Å²) in [5.41, 5.74) is 0. The van der Waals surface area contributed by atoms with Crippen LogP contribution in [-0.4, -0.2) is 26.2 Å². The summed E-state index contributed by atoms with van der Waals surface area (Å²) < 4.78 is 0. The lowest BCUT2D eigenvalue weighted by atomic mass is 9.91. The van der Waals surface area contributed by atoms with E-state index in [0.29, 0.717) is 0 Å². The molecule has 2 fully saturated rings. The summed E-state index contributed by atoms with van der Waals surface area (Å²) in [7, 11) is 0. The van der Waals surface area contributed by atoms with Gasteiger partial charge in [0.25, 0.3) is 0 Å². The van der Waals surface area contributed by atoms with E-state index in [0.717, 1.165) is 11.8 Å². The highest BCUT2D eigenvalue weighted by atomic mass is 14.9. The fraction of sp³-hybridized carbons (Fsp3) is 1.00. The summed E-state index contributed by atoms with van der Waals surface area (Å²) >= 11 is 0. The normalized spacial score (nSPS) is 40.8. The van der Waals surface area contributed by atoms with Crippen LogP contribution in [0.4, 0.5) is 0 Å². The van der Waals surface area contributed by atoms with Gasteiger partial charge in [0.2, 0.25) is 0 Å². The molecule has 0 aromatic carbocycles. The molecule has 2 rings (SSSR count). The molecule has 2 heterocycles. The number of nitrogens with one attached hydrogen (secondary N) is 2. The molecular formula is C8H16N2. The van der Waals surface area contributed by atoms with Gasteiger partial charge >= 0.3 is 0 Å². The van der Waals surface area contributed by atoms with Crippen molar-refractivity contribution in [2.45, 2.75) is 12.8 Å². The van der Waals surface area contributed by atoms with E-state index in [4.69, 9.17) is 0 Å². The van der Waals surface area contributed by atoms with Crippen LogP contribution in [0.1, 0.15) is 12.8 Å². The second-order valence-electron chi connectivity index (χ2n) is 3.51. The van der Waals surface area contributed by atoms with Crippen LogP contribution in [0.15, 0.2) is 0 Å². The fourth-order valence-corrected chi connectivity index (χ4v) is 2.16. The maximum atomic E-state index is 3.42. The average Bonchev–Trinajstić information content (AvgIpc) is 2.59. The van der Waals surface area contributed by atoms with Crippen LogP contribution in [0.2, 0.25) is 0 Å². The summed E-state index contributed by atoms with van der Waals surface area (Å²) in [5.74, 6) is 1.96. The zero-order valence-corrected chi connectivity index (χ0v) is 6.40. The zero-order valence-electron chi connectivity index (χ0n) is 6.40. The van der Waals surface area contributed by atoms with Gasteiger partial charge in [0.05, 0.1) is 0 Å². The van der Waals surface area contributed by atoms with Crippen molar-refractivity contribution in [2.75, 3.05) is 26.2 Å². The van der Waals surface area contributed by atoms with E-state index in [1.807, 2.05) is 0 Å². The molecule has 58 valence electrons. The lowest BCUT2D eigenvalue weighted by Crippen LogP contribution is -2.20. The van der Waals surface area contributed by atoms with E-state index in [-0.39, 0.29) is 0 Å². The summed E-state index contributed by atoms with van der Waals surface area (Å²) in [5, 5.41) is 6.84. The van der Waals surface area contributed by atoms with Gasteiger partial charge in [-0.15, -0.1) is 0 Å². The smallest absolute Gasteiger partial charge is 0.00169 e. The van der Waals surface area contributed by atoms with Crippen molar-refractivity contribution in [3.05, 3.63) is 0 Å². The molecule has 2 nitrogen and oxygen atoms in total. The first-order chi connectivity index (χ1) is 4.97. The van der Waals surface area contributed by atoms with Crippen molar-refractivity contribution in [3.8, 4) is 0 Å². The van der Waals surface area contributed by atoms with E-state index < -0.39 is 0 Å². The van der Waals surface area contributed by atoms with Crippen molar-refractivity contribution >= 4 is 0 Å². The molecule has 2 aliphatic rings. The molecule has 0 spiro atoms. The third-order valence-corrected chi connectivity index (χ3v) is 2.86. The third-order valence-electron chi connectivity index (χ3n) is 2.86. The second-order valence-corrected chi connectivity index (χ2v) is 3.51. The first-order valence-electron chi connectivity index (χ1n) is 4.38. The van der Waals surface area contributed by atoms with Crippen molar-refractivity contribution in [1.29, 1.82) is 0 Å². The molecular weight excluding hydrogens is 124 g/mol. The lowest BCUT2D eigenvalue weighted by Gasteiger charge is -2.14. The SMILES string of the molecule is C1CC(C2CCNC2)CN1. The zero-order chi connectivity index (χ0) is 6.81. The Balaban J connectivity index is 1.85. The summed E-state index contributed by atoms with van der Waals surface area (Å²) in [6.07, 6.45) is 2.82. The van der Waals surface area contributed by atoms with Gasteiger partial charge in [0, 0.05) is 0 Å². The molecule has 0 aromatic rings. The molecule has 10 heavy (non-hydrogen) atoms. The molecule has 2 atom stereocenters. The largest absolute Gasteiger partial charge is 0.316 e. The highest BCUT2D eigenvalue weighted by molar-refractivity contribution is 4.83. The molecule has 0 aliphatic carbocycles. The molecule has 2 aliphatic heterocycles. The van der Waals surface area contributed by atoms with Crippen molar-refractivity contribution in [1.82, 2.24) is 10.6 Å². The third kappa shape index (κ3) is 1.18. The molecule has 2 saturated heterocycles. The maximum Gasteiger partial charge on any atom is -0.00169 e. The predicted molar refractivity (Wildman–Crippen MR) is 42.0 cm³/mol. The Hall–Kier alpha value is -0.0800. The van der Waals surface area contributed by atoms with E-state index in [2.05, 4.69) is 10.6 Å². The topological polar surface area (TPSA) is 24.1 Å². The number of hydrogen-bond acceptors (Lipinski definition) is 2. The Morgan fingerprint density at radius 3 is 1.60 bits per heavy atom. The Morgan fingerprint density at radius 1 is 0.800 bits per heavy atom. The van der Waals surface area contributed by atoms with Crippen molar-refractivity contribution in [2.24, 2.45) is 11.8 Å². The van der Waals surface area contributed by atoms with Gasteiger partial charge in [0.1, 0.15) is 0 Å². The predicted octanol–water partition coefficient (Wildman–Crippen LogP) is 0.205. The van der Waals surface area contributed by atoms with E-state index in [9.17, 15) is 0 Å². The van der Waals surface area contributed by atoms with Gasteiger partial charge in [-0.2, -0.15) is 0 Å². The van der Waals surface area contributed by atoms with Crippen LogP contribution in [-0.2, 0) is 0 Å². The number of hydrogen-bond donors (Lipinski definition) is 2. The van der Waals surface area contributed by atoms with E-state index >= 15 is 0 Å². The second kappa shape index (κ2) is 2.89. The van der Waals surface area contributed by atoms with E-state index in [1.54, 1.807) is 0 Å². The quantitative estimate of drug-likeness (QED) is 0.544. The molecule has 0 aromatic heterocycles. The number of rotatable bonds is 1. The van der Waals surface area contributed by atoms with Gasteiger partial charge in [-0.3, -0.25) is 0 Å². The minimum absolute atomic E-state index is 0.981. The molecule has 2 N–H and O–H groups in total. The summed E-state index contributed by atoms with van der Waals surface area (Å²) in [4.78, 5) is 0. The van der Waals surface area contributed by atoms with Gasteiger partial charge in [-0.1, -0.05) is 0 Å². The molecule has 2 unspecified atom stereocenters. The molecule has 0 saturated carbocycles. The van der Waals surface area contributed by atoms with Gasteiger partial charge in [-0.05, 0) is 50.9 Å². The van der Waals surface area contributed by atoms with Crippen LogP contribution in [0.25, 0.3) is 0 Å². The van der Waals surface area contributed by atoms with Crippen molar-refractivity contribution < 1.29 is 0 Å². The first kappa shape index (κ1) is 6.62. The fourth-order valence-electron chi connectivity index (χ4n) is 2.16. The van der Waals surface area contributed by atoms with Crippen LogP contribution in [0.3, 0.4) is 0 Å². The summed E-state index contributed by atoms with van der Waals surface area (Å²) in [6.45, 7) is 5.04. The Labute approximate surface area is 62.4 Å². The van der Waals surface area contributed by atoms with Gasteiger partial charge in [-0.25, -0.2) is 0 Å². The Morgan fingerprint density at radius 2 is 1.30 bits per heavy atom.